The van der Waals surface area contributed by atoms with Crippen LogP contribution in [0.3, 0.4) is 0 Å². The summed E-state index contributed by atoms with van der Waals surface area (Å²) in [4.78, 5) is 12.3. The van der Waals surface area contributed by atoms with Crippen molar-refractivity contribution in [2.75, 3.05) is 0 Å². The number of hydroxylamine groups is 2. The van der Waals surface area contributed by atoms with Gasteiger partial charge in [-0.05, 0) is 23.3 Å². The number of rotatable bonds is 4. The van der Waals surface area contributed by atoms with E-state index in [1.54, 1.807) is 12.1 Å². The van der Waals surface area contributed by atoms with Gasteiger partial charge in [0.15, 0.2) is 0 Å². The van der Waals surface area contributed by atoms with Crippen molar-refractivity contribution in [3.8, 4) is 11.8 Å². The second-order valence-electron chi connectivity index (χ2n) is 5.83. The zero-order valence-corrected chi connectivity index (χ0v) is 14.7. The first-order chi connectivity index (χ1) is 13.2. The average molecular weight is 357 g/mol. The van der Waals surface area contributed by atoms with Crippen molar-refractivity contribution < 1.29 is 14.7 Å². The van der Waals surface area contributed by atoms with Crippen LogP contribution in [0.5, 0.6) is 0 Å². The first-order valence-corrected chi connectivity index (χ1v) is 8.54. The summed E-state index contributed by atoms with van der Waals surface area (Å²) in [6, 6.07) is 27.0. The maximum absolute atomic E-state index is 12.3. The Kier molecular flexibility index (Phi) is 6.24. The summed E-state index contributed by atoms with van der Waals surface area (Å²) in [6.07, 6.45) is -0.852. The first kappa shape index (κ1) is 18.2. The molecular formula is C23H19NO3. The van der Waals surface area contributed by atoms with Crippen LogP contribution in [0, 0.1) is 11.8 Å². The number of hydrogen-bond donors (Lipinski definition) is 1. The van der Waals surface area contributed by atoms with E-state index in [0.717, 1.165) is 11.1 Å². The van der Waals surface area contributed by atoms with Gasteiger partial charge in [-0.3, -0.25) is 5.21 Å². The summed E-state index contributed by atoms with van der Waals surface area (Å²) < 4.78 is 5.21. The van der Waals surface area contributed by atoms with E-state index in [1.807, 2.05) is 78.9 Å². The van der Waals surface area contributed by atoms with Gasteiger partial charge in [0.25, 0.3) is 0 Å². The van der Waals surface area contributed by atoms with Crippen molar-refractivity contribution in [3.05, 3.63) is 108 Å². The summed E-state index contributed by atoms with van der Waals surface area (Å²) >= 11 is 0. The van der Waals surface area contributed by atoms with Crippen LogP contribution in [0.1, 0.15) is 22.7 Å². The van der Waals surface area contributed by atoms with Gasteiger partial charge < -0.3 is 4.74 Å². The molecule has 1 amide bonds. The predicted molar refractivity (Wildman–Crippen MR) is 103 cm³/mol. The number of carbonyl (C=O) groups is 1. The molecule has 4 nitrogen and oxygen atoms in total. The van der Waals surface area contributed by atoms with Gasteiger partial charge in [-0.25, -0.2) is 4.79 Å². The number of hydrogen-bond acceptors (Lipinski definition) is 3. The van der Waals surface area contributed by atoms with Crippen LogP contribution in [-0.2, 0) is 11.3 Å². The zero-order chi connectivity index (χ0) is 18.9. The van der Waals surface area contributed by atoms with Crippen LogP contribution in [0.2, 0.25) is 0 Å². The molecule has 0 bridgehead atoms. The number of ether oxygens (including phenoxy) is 1. The number of carbonyl (C=O) groups excluding carboxylic acids is 1. The molecule has 1 atom stereocenters. The second kappa shape index (κ2) is 9.23. The van der Waals surface area contributed by atoms with Crippen LogP contribution in [0.4, 0.5) is 4.79 Å². The predicted octanol–water partition coefficient (Wildman–Crippen LogP) is 4.81. The average Bonchev–Trinajstić information content (AvgIpc) is 2.74. The fourth-order valence-corrected chi connectivity index (χ4v) is 2.49. The zero-order valence-electron chi connectivity index (χ0n) is 14.7. The van der Waals surface area contributed by atoms with E-state index in [0.29, 0.717) is 10.6 Å². The van der Waals surface area contributed by atoms with Gasteiger partial charge in [0.05, 0.1) is 0 Å². The standard InChI is InChI=1S/C23H19NO3/c25-23(27-18-20-12-6-2-7-13-20)24(26)22(21-14-8-3-9-15-21)17-16-19-10-4-1-5-11-19/h1-15,22,26H,18H2. The molecule has 3 aromatic carbocycles. The summed E-state index contributed by atoms with van der Waals surface area (Å²) in [5.41, 5.74) is 2.33. The van der Waals surface area contributed by atoms with E-state index < -0.39 is 12.1 Å². The van der Waals surface area contributed by atoms with Crippen molar-refractivity contribution >= 4 is 6.09 Å². The number of amides is 1. The van der Waals surface area contributed by atoms with Gasteiger partial charge in [-0.2, -0.15) is 5.06 Å². The van der Waals surface area contributed by atoms with Crippen LogP contribution >= 0.6 is 0 Å². The maximum Gasteiger partial charge on any atom is 0.435 e. The summed E-state index contributed by atoms with van der Waals surface area (Å²) in [6.45, 7) is 0.0738. The Labute approximate surface area is 158 Å². The minimum absolute atomic E-state index is 0.0738. The lowest BCUT2D eigenvalue weighted by molar-refractivity contribution is -0.0935. The number of benzene rings is 3. The van der Waals surface area contributed by atoms with E-state index in [1.165, 1.54) is 0 Å². The Morgan fingerprint density at radius 2 is 1.44 bits per heavy atom. The molecule has 0 saturated carbocycles. The van der Waals surface area contributed by atoms with Gasteiger partial charge in [0.2, 0.25) is 0 Å². The fraction of sp³-hybridized carbons (Fsp3) is 0.0870. The fourth-order valence-electron chi connectivity index (χ4n) is 2.49. The van der Waals surface area contributed by atoms with Crippen molar-refractivity contribution in [1.82, 2.24) is 5.06 Å². The molecular weight excluding hydrogens is 338 g/mol. The quantitative estimate of drug-likeness (QED) is 0.414. The smallest absolute Gasteiger partial charge is 0.435 e. The SMILES string of the molecule is O=C(OCc1ccccc1)N(O)C(C#Cc1ccccc1)c1ccccc1. The number of nitrogens with zero attached hydrogens (tertiary/aromatic N) is 1. The lowest BCUT2D eigenvalue weighted by Gasteiger charge is -2.21. The molecule has 4 heteroatoms. The van der Waals surface area contributed by atoms with Crippen LogP contribution < -0.4 is 0 Å². The highest BCUT2D eigenvalue weighted by atomic mass is 16.6. The van der Waals surface area contributed by atoms with E-state index in [-0.39, 0.29) is 6.61 Å². The Morgan fingerprint density at radius 1 is 0.889 bits per heavy atom. The lowest BCUT2D eigenvalue weighted by atomic mass is 10.1. The van der Waals surface area contributed by atoms with E-state index in [4.69, 9.17) is 4.74 Å². The molecule has 0 saturated heterocycles. The van der Waals surface area contributed by atoms with Crippen LogP contribution in [0.25, 0.3) is 0 Å². The normalized spacial score (nSPS) is 11.0. The summed E-state index contributed by atoms with van der Waals surface area (Å²) in [5.74, 6) is 5.95. The molecule has 0 heterocycles. The molecule has 0 aromatic heterocycles. The Balaban J connectivity index is 1.77. The maximum atomic E-state index is 12.3. The van der Waals surface area contributed by atoms with E-state index in [2.05, 4.69) is 11.8 Å². The molecule has 1 N–H and O–H groups in total. The summed E-state index contributed by atoms with van der Waals surface area (Å²) in [5, 5.41) is 11.0. The van der Waals surface area contributed by atoms with Gasteiger partial charge in [-0.15, -0.1) is 0 Å². The van der Waals surface area contributed by atoms with Gasteiger partial charge in [0.1, 0.15) is 12.6 Å². The minimum atomic E-state index is -0.852. The Bertz CT molecular complexity index is 915. The van der Waals surface area contributed by atoms with Crippen LogP contribution in [0.15, 0.2) is 91.0 Å². The van der Waals surface area contributed by atoms with Crippen molar-refractivity contribution in [1.29, 1.82) is 0 Å². The monoisotopic (exact) mass is 357 g/mol. The molecule has 3 rings (SSSR count). The highest BCUT2D eigenvalue weighted by Crippen LogP contribution is 2.19. The molecule has 0 spiro atoms. The van der Waals surface area contributed by atoms with Crippen molar-refractivity contribution in [2.24, 2.45) is 0 Å². The molecule has 134 valence electrons. The molecule has 0 aliphatic heterocycles. The van der Waals surface area contributed by atoms with E-state index in [9.17, 15) is 10.0 Å². The third-order valence-electron chi connectivity index (χ3n) is 3.88. The third-order valence-corrected chi connectivity index (χ3v) is 3.88. The molecule has 0 aliphatic rings. The van der Waals surface area contributed by atoms with Crippen molar-refractivity contribution in [3.63, 3.8) is 0 Å². The molecule has 0 aliphatic carbocycles. The molecule has 0 fully saturated rings. The highest BCUT2D eigenvalue weighted by molar-refractivity contribution is 5.67. The first-order valence-electron chi connectivity index (χ1n) is 8.54. The van der Waals surface area contributed by atoms with Crippen molar-refractivity contribution in [2.45, 2.75) is 12.6 Å². The molecule has 1 unspecified atom stereocenters. The van der Waals surface area contributed by atoms with Gasteiger partial charge in [0, 0.05) is 5.56 Å². The largest absolute Gasteiger partial charge is 0.443 e. The molecule has 0 radical (unpaired) electrons. The van der Waals surface area contributed by atoms with Crippen LogP contribution in [-0.4, -0.2) is 16.4 Å². The second-order valence-corrected chi connectivity index (χ2v) is 5.83. The molecule has 27 heavy (non-hydrogen) atoms. The summed E-state index contributed by atoms with van der Waals surface area (Å²) in [7, 11) is 0. The lowest BCUT2D eigenvalue weighted by Crippen LogP contribution is -2.31. The van der Waals surface area contributed by atoms with Gasteiger partial charge >= 0.3 is 6.09 Å². The van der Waals surface area contributed by atoms with Gasteiger partial charge in [-0.1, -0.05) is 90.7 Å². The van der Waals surface area contributed by atoms with E-state index >= 15 is 0 Å². The highest BCUT2D eigenvalue weighted by Gasteiger charge is 2.23. The minimum Gasteiger partial charge on any atom is -0.443 e. The Morgan fingerprint density at radius 3 is 2.07 bits per heavy atom. The molecule has 3 aromatic rings. The topological polar surface area (TPSA) is 49.8 Å². The third kappa shape index (κ3) is 5.21. The Hall–Kier alpha value is -3.55.